The number of ether oxygens (including phenoxy) is 1. The average molecular weight is 287 g/mol. The zero-order valence-corrected chi connectivity index (χ0v) is 11.9. The zero-order chi connectivity index (χ0) is 15.1. The lowest BCUT2D eigenvalue weighted by molar-refractivity contribution is -0.120. The Morgan fingerprint density at radius 2 is 1.86 bits per heavy atom. The number of hydrogen-bond donors (Lipinski definition) is 1. The number of benzene rings is 2. The van der Waals surface area contributed by atoms with Crippen LogP contribution in [-0.4, -0.2) is 19.1 Å². The maximum absolute atomic E-state index is 13.3. The number of nitrogens with one attached hydrogen (secondary N) is 1. The van der Waals surface area contributed by atoms with Gasteiger partial charge in [0.1, 0.15) is 6.61 Å². The Balaban J connectivity index is 1.73. The Bertz CT molecular complexity index is 613. The molecule has 0 bridgehead atoms. The predicted molar refractivity (Wildman–Crippen MR) is 79.8 cm³/mol. The van der Waals surface area contributed by atoms with Crippen LogP contribution in [0.3, 0.4) is 0 Å². The van der Waals surface area contributed by atoms with Crippen LogP contribution in [0.5, 0.6) is 5.75 Å². The van der Waals surface area contributed by atoms with Crippen molar-refractivity contribution in [2.45, 2.75) is 13.3 Å². The summed E-state index contributed by atoms with van der Waals surface area (Å²) in [5.41, 5.74) is 2.10. The first-order valence-corrected chi connectivity index (χ1v) is 6.85. The molecule has 0 spiro atoms. The summed E-state index contributed by atoms with van der Waals surface area (Å²) in [6, 6.07) is 14.0. The lowest BCUT2D eigenvalue weighted by atomic mass is 10.1. The molecule has 2 rings (SSSR count). The highest BCUT2D eigenvalue weighted by Gasteiger charge is 2.05. The van der Waals surface area contributed by atoms with E-state index in [1.54, 1.807) is 18.2 Å². The lowest BCUT2D eigenvalue weighted by Gasteiger charge is -2.09. The first-order chi connectivity index (χ1) is 10.2. The molecule has 0 aromatic heterocycles. The summed E-state index contributed by atoms with van der Waals surface area (Å²) in [6.07, 6.45) is 0.340. The standard InChI is InChI=1S/C17H18FNO2/c1-13-6-2-3-7-14(13)12-17(20)19-10-11-21-16-9-5-4-8-15(16)18/h2-9H,10-12H2,1H3,(H,19,20). The van der Waals surface area contributed by atoms with E-state index in [4.69, 9.17) is 4.74 Å². The van der Waals surface area contributed by atoms with Crippen LogP contribution in [0, 0.1) is 12.7 Å². The van der Waals surface area contributed by atoms with Gasteiger partial charge in [0.05, 0.1) is 13.0 Å². The monoisotopic (exact) mass is 287 g/mol. The van der Waals surface area contributed by atoms with Crippen LogP contribution < -0.4 is 10.1 Å². The van der Waals surface area contributed by atoms with Gasteiger partial charge in [0.25, 0.3) is 0 Å². The van der Waals surface area contributed by atoms with E-state index in [1.165, 1.54) is 6.07 Å². The highest BCUT2D eigenvalue weighted by atomic mass is 19.1. The van der Waals surface area contributed by atoms with E-state index >= 15 is 0 Å². The summed E-state index contributed by atoms with van der Waals surface area (Å²) in [7, 11) is 0. The molecule has 4 heteroatoms. The Morgan fingerprint density at radius 3 is 2.62 bits per heavy atom. The summed E-state index contributed by atoms with van der Waals surface area (Å²) in [4.78, 5) is 11.8. The Kier molecular flexibility index (Phi) is 5.32. The van der Waals surface area contributed by atoms with Crippen molar-refractivity contribution in [2.24, 2.45) is 0 Å². The Labute approximate surface area is 123 Å². The topological polar surface area (TPSA) is 38.3 Å². The average Bonchev–Trinajstić information content (AvgIpc) is 2.48. The molecule has 1 N–H and O–H groups in total. The van der Waals surface area contributed by atoms with Crippen LogP contribution >= 0.6 is 0 Å². The Morgan fingerprint density at radius 1 is 1.14 bits per heavy atom. The molecule has 21 heavy (non-hydrogen) atoms. The zero-order valence-electron chi connectivity index (χ0n) is 11.9. The number of para-hydroxylation sites is 1. The maximum atomic E-state index is 13.3. The molecule has 0 aliphatic rings. The lowest BCUT2D eigenvalue weighted by Crippen LogP contribution is -2.29. The SMILES string of the molecule is Cc1ccccc1CC(=O)NCCOc1ccccc1F. The summed E-state index contributed by atoms with van der Waals surface area (Å²) >= 11 is 0. The third kappa shape index (κ3) is 4.60. The third-order valence-corrected chi connectivity index (χ3v) is 3.13. The van der Waals surface area contributed by atoms with Crippen LogP contribution in [0.15, 0.2) is 48.5 Å². The minimum absolute atomic E-state index is 0.0681. The number of hydrogen-bond acceptors (Lipinski definition) is 2. The van der Waals surface area contributed by atoms with Gasteiger partial charge in [-0.25, -0.2) is 4.39 Å². The minimum Gasteiger partial charge on any atom is -0.489 e. The van der Waals surface area contributed by atoms with E-state index in [2.05, 4.69) is 5.32 Å². The fourth-order valence-electron chi connectivity index (χ4n) is 1.96. The summed E-state index contributed by atoms with van der Waals surface area (Å²) in [6.45, 7) is 2.56. The second kappa shape index (κ2) is 7.43. The number of aryl methyl sites for hydroxylation is 1. The second-order valence-electron chi connectivity index (χ2n) is 4.73. The van der Waals surface area contributed by atoms with E-state index in [9.17, 15) is 9.18 Å². The van der Waals surface area contributed by atoms with Crippen LogP contribution in [0.2, 0.25) is 0 Å². The van der Waals surface area contributed by atoms with Crippen LogP contribution in [-0.2, 0) is 11.2 Å². The Hall–Kier alpha value is -2.36. The number of amides is 1. The molecule has 0 radical (unpaired) electrons. The highest BCUT2D eigenvalue weighted by Crippen LogP contribution is 2.14. The van der Waals surface area contributed by atoms with E-state index < -0.39 is 5.82 Å². The van der Waals surface area contributed by atoms with Crippen molar-refractivity contribution in [3.63, 3.8) is 0 Å². The van der Waals surface area contributed by atoms with Gasteiger partial charge in [-0.15, -0.1) is 0 Å². The van der Waals surface area contributed by atoms with Gasteiger partial charge >= 0.3 is 0 Å². The molecule has 0 aliphatic heterocycles. The molecular weight excluding hydrogens is 269 g/mol. The molecule has 110 valence electrons. The third-order valence-electron chi connectivity index (χ3n) is 3.13. The van der Waals surface area contributed by atoms with Crippen LogP contribution in [0.25, 0.3) is 0 Å². The first kappa shape index (κ1) is 15.0. The van der Waals surface area contributed by atoms with Gasteiger partial charge in [-0.3, -0.25) is 4.79 Å². The van der Waals surface area contributed by atoms with Crippen LogP contribution in [0.4, 0.5) is 4.39 Å². The molecule has 0 aliphatic carbocycles. The smallest absolute Gasteiger partial charge is 0.224 e. The van der Waals surface area contributed by atoms with Gasteiger partial charge in [-0.05, 0) is 30.2 Å². The van der Waals surface area contributed by atoms with Crippen molar-refractivity contribution in [1.29, 1.82) is 0 Å². The van der Waals surface area contributed by atoms with Gasteiger partial charge in [-0.1, -0.05) is 36.4 Å². The van der Waals surface area contributed by atoms with Gasteiger partial charge < -0.3 is 10.1 Å². The molecule has 2 aromatic carbocycles. The van der Waals surface area contributed by atoms with Crippen molar-refractivity contribution in [3.05, 3.63) is 65.5 Å². The summed E-state index contributed by atoms with van der Waals surface area (Å²) in [5.74, 6) is -0.268. The summed E-state index contributed by atoms with van der Waals surface area (Å²) in [5, 5.41) is 2.76. The number of carbonyl (C=O) groups is 1. The number of carbonyl (C=O) groups excluding carboxylic acids is 1. The minimum atomic E-state index is -0.399. The second-order valence-corrected chi connectivity index (χ2v) is 4.73. The number of halogens is 1. The van der Waals surface area contributed by atoms with E-state index in [-0.39, 0.29) is 18.3 Å². The molecule has 3 nitrogen and oxygen atoms in total. The summed E-state index contributed by atoms with van der Waals surface area (Å²) < 4.78 is 18.6. The molecule has 1 amide bonds. The fraction of sp³-hybridized carbons (Fsp3) is 0.235. The van der Waals surface area contributed by atoms with Crippen molar-refractivity contribution in [2.75, 3.05) is 13.2 Å². The molecule has 0 heterocycles. The van der Waals surface area contributed by atoms with Crippen molar-refractivity contribution < 1.29 is 13.9 Å². The molecule has 0 atom stereocenters. The predicted octanol–water partition coefficient (Wildman–Crippen LogP) is 2.87. The van der Waals surface area contributed by atoms with E-state index in [1.807, 2.05) is 31.2 Å². The normalized spacial score (nSPS) is 10.2. The van der Waals surface area contributed by atoms with Crippen LogP contribution in [0.1, 0.15) is 11.1 Å². The molecule has 0 fully saturated rings. The largest absolute Gasteiger partial charge is 0.489 e. The quantitative estimate of drug-likeness (QED) is 0.830. The van der Waals surface area contributed by atoms with Crippen molar-refractivity contribution in [1.82, 2.24) is 5.32 Å². The highest BCUT2D eigenvalue weighted by molar-refractivity contribution is 5.78. The molecular formula is C17H18FNO2. The molecule has 0 saturated heterocycles. The number of rotatable bonds is 6. The molecule has 0 unspecified atom stereocenters. The van der Waals surface area contributed by atoms with Crippen molar-refractivity contribution in [3.8, 4) is 5.75 Å². The van der Waals surface area contributed by atoms with Gasteiger partial charge in [-0.2, -0.15) is 0 Å². The molecule has 2 aromatic rings. The maximum Gasteiger partial charge on any atom is 0.224 e. The van der Waals surface area contributed by atoms with Gasteiger partial charge in [0.15, 0.2) is 11.6 Å². The van der Waals surface area contributed by atoms with Gasteiger partial charge in [0.2, 0.25) is 5.91 Å². The van der Waals surface area contributed by atoms with E-state index in [0.29, 0.717) is 13.0 Å². The van der Waals surface area contributed by atoms with Gasteiger partial charge in [0, 0.05) is 0 Å². The first-order valence-electron chi connectivity index (χ1n) is 6.85. The molecule has 0 saturated carbocycles. The van der Waals surface area contributed by atoms with Crippen molar-refractivity contribution >= 4 is 5.91 Å². The fourth-order valence-corrected chi connectivity index (χ4v) is 1.96. The van der Waals surface area contributed by atoms with E-state index in [0.717, 1.165) is 11.1 Å².